The zero-order valence-corrected chi connectivity index (χ0v) is 18.7. The molecule has 4 rings (SSSR count). The summed E-state index contributed by atoms with van der Waals surface area (Å²) in [4.78, 5) is 28.1. The molecule has 31 heavy (non-hydrogen) atoms. The number of amides is 1. The van der Waals surface area contributed by atoms with Crippen molar-refractivity contribution in [3.05, 3.63) is 76.7 Å². The van der Waals surface area contributed by atoms with Crippen LogP contribution in [-0.4, -0.2) is 33.9 Å². The molecule has 1 N–H and O–H groups in total. The van der Waals surface area contributed by atoms with E-state index < -0.39 is 0 Å². The van der Waals surface area contributed by atoms with E-state index in [1.807, 2.05) is 48.5 Å². The average Bonchev–Trinajstić information content (AvgIpc) is 2.82. The highest BCUT2D eigenvalue weighted by molar-refractivity contribution is 7.98. The third-order valence-electron chi connectivity index (χ3n) is 5.05. The Morgan fingerprint density at radius 2 is 1.94 bits per heavy atom. The first kappa shape index (κ1) is 21.6. The first-order valence-electron chi connectivity index (χ1n) is 10.4. The Labute approximate surface area is 191 Å². The molecular formula is C23H24ClN5OS. The van der Waals surface area contributed by atoms with E-state index in [1.165, 1.54) is 31.0 Å². The molecule has 1 amide bonds. The fourth-order valence-electron chi connectivity index (χ4n) is 3.46. The molecule has 1 saturated heterocycles. The standard InChI is InChI=1S/C23H24ClN5OS/c24-20-14-21(29-11-4-1-5-12-29)28-23(27-20)31-16-17-7-6-8-18(13-17)22(30)26-15-19-9-2-3-10-25-19/h2-3,6-10,13-14H,1,4-5,11-12,15-16H2,(H,26,30). The number of hydrogen-bond donors (Lipinski definition) is 1. The Hall–Kier alpha value is -2.64. The van der Waals surface area contributed by atoms with Gasteiger partial charge >= 0.3 is 0 Å². The van der Waals surface area contributed by atoms with Crippen molar-refractivity contribution in [3.8, 4) is 0 Å². The smallest absolute Gasteiger partial charge is 0.251 e. The molecule has 1 aliphatic rings. The van der Waals surface area contributed by atoms with Crippen LogP contribution in [0.2, 0.25) is 5.15 Å². The molecule has 2 aromatic heterocycles. The summed E-state index contributed by atoms with van der Waals surface area (Å²) in [6.07, 6.45) is 5.34. The van der Waals surface area contributed by atoms with Crippen LogP contribution in [0.5, 0.6) is 0 Å². The van der Waals surface area contributed by atoms with Gasteiger partial charge in [0.25, 0.3) is 5.91 Å². The summed E-state index contributed by atoms with van der Waals surface area (Å²) in [6.45, 7) is 2.41. The van der Waals surface area contributed by atoms with Gasteiger partial charge in [-0.25, -0.2) is 9.97 Å². The molecule has 8 heteroatoms. The minimum Gasteiger partial charge on any atom is -0.356 e. The van der Waals surface area contributed by atoms with Gasteiger partial charge in [-0.3, -0.25) is 9.78 Å². The number of halogens is 1. The molecule has 0 unspecified atom stereocenters. The topological polar surface area (TPSA) is 71.0 Å². The number of hydrogen-bond acceptors (Lipinski definition) is 6. The van der Waals surface area contributed by atoms with Gasteiger partial charge in [0.05, 0.1) is 12.2 Å². The molecule has 3 heterocycles. The van der Waals surface area contributed by atoms with Crippen LogP contribution >= 0.6 is 23.4 Å². The van der Waals surface area contributed by atoms with E-state index in [-0.39, 0.29) is 5.91 Å². The lowest BCUT2D eigenvalue weighted by Crippen LogP contribution is -2.30. The molecule has 0 saturated carbocycles. The second kappa shape index (κ2) is 10.6. The predicted molar refractivity (Wildman–Crippen MR) is 125 cm³/mol. The highest BCUT2D eigenvalue weighted by Crippen LogP contribution is 2.26. The highest BCUT2D eigenvalue weighted by atomic mass is 35.5. The lowest BCUT2D eigenvalue weighted by atomic mass is 10.1. The van der Waals surface area contributed by atoms with E-state index in [1.54, 1.807) is 6.20 Å². The van der Waals surface area contributed by atoms with E-state index in [4.69, 9.17) is 16.6 Å². The van der Waals surface area contributed by atoms with Gasteiger partial charge in [-0.15, -0.1) is 0 Å². The molecule has 1 aromatic carbocycles. The number of benzene rings is 1. The number of carbonyl (C=O) groups excluding carboxylic acids is 1. The van der Waals surface area contributed by atoms with Gasteiger partial charge in [0, 0.05) is 36.7 Å². The van der Waals surface area contributed by atoms with Crippen LogP contribution in [0.4, 0.5) is 5.82 Å². The summed E-state index contributed by atoms with van der Waals surface area (Å²) in [5, 5.41) is 4.02. The molecule has 6 nitrogen and oxygen atoms in total. The lowest BCUT2D eigenvalue weighted by molar-refractivity contribution is 0.0950. The van der Waals surface area contributed by atoms with Crippen molar-refractivity contribution < 1.29 is 4.79 Å². The maximum Gasteiger partial charge on any atom is 0.251 e. The van der Waals surface area contributed by atoms with E-state index >= 15 is 0 Å². The molecule has 1 aliphatic heterocycles. The molecule has 0 atom stereocenters. The van der Waals surface area contributed by atoms with Gasteiger partial charge in [-0.2, -0.15) is 0 Å². The summed E-state index contributed by atoms with van der Waals surface area (Å²) in [6, 6.07) is 15.1. The van der Waals surface area contributed by atoms with Crippen molar-refractivity contribution in [1.29, 1.82) is 0 Å². The van der Waals surface area contributed by atoms with Crippen LogP contribution in [0.25, 0.3) is 0 Å². The van der Waals surface area contributed by atoms with E-state index in [9.17, 15) is 4.79 Å². The van der Waals surface area contributed by atoms with Gasteiger partial charge in [0.1, 0.15) is 11.0 Å². The summed E-state index contributed by atoms with van der Waals surface area (Å²) in [5.74, 6) is 1.43. The Kier molecular flexibility index (Phi) is 7.38. The number of pyridine rings is 1. The van der Waals surface area contributed by atoms with Gasteiger partial charge < -0.3 is 10.2 Å². The van der Waals surface area contributed by atoms with E-state index in [0.29, 0.717) is 28.2 Å². The molecule has 160 valence electrons. The summed E-state index contributed by atoms with van der Waals surface area (Å²) < 4.78 is 0. The maximum absolute atomic E-state index is 12.5. The number of carbonyl (C=O) groups is 1. The van der Waals surface area contributed by atoms with Crippen LogP contribution in [0.15, 0.2) is 59.9 Å². The average molecular weight is 454 g/mol. The minimum absolute atomic E-state index is 0.121. The number of nitrogens with one attached hydrogen (secondary N) is 1. The van der Waals surface area contributed by atoms with Gasteiger partial charge in [0.15, 0.2) is 5.16 Å². The van der Waals surface area contributed by atoms with Crippen molar-refractivity contribution in [2.45, 2.75) is 36.7 Å². The van der Waals surface area contributed by atoms with Crippen LogP contribution in [0.3, 0.4) is 0 Å². The predicted octanol–water partition coefficient (Wildman–Crippen LogP) is 4.74. The van der Waals surface area contributed by atoms with Crippen molar-refractivity contribution in [2.24, 2.45) is 0 Å². The molecule has 0 radical (unpaired) electrons. The first-order valence-corrected chi connectivity index (χ1v) is 11.7. The van der Waals surface area contributed by atoms with Gasteiger partial charge in [0.2, 0.25) is 0 Å². The van der Waals surface area contributed by atoms with Crippen molar-refractivity contribution in [1.82, 2.24) is 20.3 Å². The van der Waals surface area contributed by atoms with Crippen LogP contribution in [-0.2, 0) is 12.3 Å². The molecule has 0 aliphatic carbocycles. The monoisotopic (exact) mass is 453 g/mol. The molecular weight excluding hydrogens is 430 g/mol. The maximum atomic E-state index is 12.5. The first-order chi connectivity index (χ1) is 15.2. The summed E-state index contributed by atoms with van der Waals surface area (Å²) >= 11 is 7.78. The zero-order valence-electron chi connectivity index (χ0n) is 17.1. The van der Waals surface area contributed by atoms with Gasteiger partial charge in [-0.05, 0) is 49.1 Å². The van der Waals surface area contributed by atoms with Crippen molar-refractivity contribution in [3.63, 3.8) is 0 Å². The fraction of sp³-hybridized carbons (Fsp3) is 0.304. The zero-order chi connectivity index (χ0) is 21.5. The van der Waals surface area contributed by atoms with Crippen molar-refractivity contribution in [2.75, 3.05) is 18.0 Å². The Bertz CT molecular complexity index is 1030. The minimum atomic E-state index is -0.121. The second-order valence-electron chi connectivity index (χ2n) is 7.37. The van der Waals surface area contributed by atoms with E-state index in [2.05, 4.69) is 20.2 Å². The third kappa shape index (κ3) is 6.18. The largest absolute Gasteiger partial charge is 0.356 e. The SMILES string of the molecule is O=C(NCc1ccccn1)c1cccc(CSc2nc(Cl)cc(N3CCCCC3)n2)c1. The molecule has 0 bridgehead atoms. The number of nitrogens with zero attached hydrogens (tertiary/aromatic N) is 4. The lowest BCUT2D eigenvalue weighted by Gasteiger charge is -2.27. The Morgan fingerprint density at radius 1 is 1.06 bits per heavy atom. The van der Waals surface area contributed by atoms with Crippen molar-refractivity contribution >= 4 is 35.1 Å². The second-order valence-corrected chi connectivity index (χ2v) is 8.70. The number of rotatable bonds is 7. The van der Waals surface area contributed by atoms with Crippen LogP contribution < -0.4 is 10.2 Å². The number of aromatic nitrogens is 3. The number of thioether (sulfide) groups is 1. The van der Waals surface area contributed by atoms with Gasteiger partial charge in [-0.1, -0.05) is 41.6 Å². The highest BCUT2D eigenvalue weighted by Gasteiger charge is 2.15. The number of piperidine rings is 1. The number of anilines is 1. The normalized spacial score (nSPS) is 13.8. The molecule has 3 aromatic rings. The third-order valence-corrected chi connectivity index (χ3v) is 6.17. The Morgan fingerprint density at radius 3 is 2.74 bits per heavy atom. The van der Waals surface area contributed by atoms with Crippen LogP contribution in [0.1, 0.15) is 40.9 Å². The summed E-state index contributed by atoms with van der Waals surface area (Å²) in [7, 11) is 0. The van der Waals surface area contributed by atoms with Crippen LogP contribution in [0, 0.1) is 0 Å². The quantitative estimate of drug-likeness (QED) is 0.316. The fourth-order valence-corrected chi connectivity index (χ4v) is 4.48. The Balaban J connectivity index is 1.38. The summed E-state index contributed by atoms with van der Waals surface area (Å²) in [5.41, 5.74) is 2.47. The molecule has 1 fully saturated rings. The van der Waals surface area contributed by atoms with E-state index in [0.717, 1.165) is 30.2 Å². The molecule has 0 spiro atoms.